The highest BCUT2D eigenvalue weighted by molar-refractivity contribution is 7.12. The molecule has 0 amide bonds. The first-order valence-electron chi connectivity index (χ1n) is 5.32. The predicted octanol–water partition coefficient (Wildman–Crippen LogP) is 3.67. The number of aryl methyl sites for hydroxylation is 1. The molecule has 0 saturated heterocycles. The topological polar surface area (TPSA) is 37.8 Å². The fourth-order valence-electron chi connectivity index (χ4n) is 1.67. The molecule has 0 aliphatic carbocycles. The van der Waals surface area contributed by atoms with Crippen molar-refractivity contribution in [3.8, 4) is 0 Å². The maximum atomic E-state index is 4.41. The van der Waals surface area contributed by atoms with Crippen LogP contribution in [-0.4, -0.2) is 9.36 Å². The molecule has 1 N–H and O–H groups in total. The van der Waals surface area contributed by atoms with Crippen LogP contribution in [0.1, 0.15) is 10.6 Å². The van der Waals surface area contributed by atoms with Crippen molar-refractivity contribution in [2.24, 2.45) is 0 Å². The fourth-order valence-corrected chi connectivity index (χ4v) is 3.15. The van der Waals surface area contributed by atoms with Crippen LogP contribution in [0, 0.1) is 6.92 Å². The fraction of sp³-hybridized carbons (Fsp3) is 0.167. The van der Waals surface area contributed by atoms with Gasteiger partial charge in [-0.05, 0) is 30.6 Å². The van der Waals surface area contributed by atoms with Crippen LogP contribution < -0.4 is 5.32 Å². The zero-order valence-corrected chi connectivity index (χ0v) is 10.9. The van der Waals surface area contributed by atoms with Crippen LogP contribution in [0.15, 0.2) is 29.8 Å². The highest BCUT2D eigenvalue weighted by Crippen LogP contribution is 2.28. The van der Waals surface area contributed by atoms with Gasteiger partial charge in [-0.25, -0.2) is 4.98 Å². The summed E-state index contributed by atoms with van der Waals surface area (Å²) in [4.78, 5) is 5.53. The molecular formula is C12H11N3S2. The second-order valence-electron chi connectivity index (χ2n) is 3.74. The lowest BCUT2D eigenvalue weighted by Gasteiger charge is -2.02. The summed E-state index contributed by atoms with van der Waals surface area (Å²) in [6.07, 6.45) is 0. The number of nitrogens with zero attached hydrogens (tertiary/aromatic N) is 2. The SMILES string of the molecule is Cc1ncsc1CNc1snc2ccccc12. The number of anilines is 1. The molecule has 5 heteroatoms. The number of fused-ring (bicyclic) bond motifs is 1. The lowest BCUT2D eigenvalue weighted by molar-refractivity contribution is 1.13. The first-order valence-corrected chi connectivity index (χ1v) is 6.97. The zero-order chi connectivity index (χ0) is 11.7. The van der Waals surface area contributed by atoms with E-state index < -0.39 is 0 Å². The summed E-state index contributed by atoms with van der Waals surface area (Å²) in [5.41, 5.74) is 4.05. The summed E-state index contributed by atoms with van der Waals surface area (Å²) in [6.45, 7) is 2.86. The Morgan fingerprint density at radius 3 is 3.00 bits per heavy atom. The van der Waals surface area contributed by atoms with Crippen LogP contribution in [0.2, 0.25) is 0 Å². The van der Waals surface area contributed by atoms with Crippen LogP contribution in [0.4, 0.5) is 5.00 Å². The Labute approximate surface area is 107 Å². The maximum Gasteiger partial charge on any atom is 0.117 e. The number of nitrogens with one attached hydrogen (secondary N) is 1. The summed E-state index contributed by atoms with van der Waals surface area (Å²) in [5, 5.41) is 5.76. The van der Waals surface area contributed by atoms with Crippen molar-refractivity contribution < 1.29 is 0 Å². The van der Waals surface area contributed by atoms with E-state index in [0.29, 0.717) is 0 Å². The van der Waals surface area contributed by atoms with Crippen LogP contribution in [0.25, 0.3) is 10.9 Å². The van der Waals surface area contributed by atoms with E-state index in [9.17, 15) is 0 Å². The maximum absolute atomic E-state index is 4.41. The molecule has 0 spiro atoms. The number of aromatic nitrogens is 2. The van der Waals surface area contributed by atoms with Crippen molar-refractivity contribution in [3.63, 3.8) is 0 Å². The Morgan fingerprint density at radius 1 is 1.29 bits per heavy atom. The lowest BCUT2D eigenvalue weighted by Crippen LogP contribution is -1.97. The molecule has 0 aliphatic rings. The minimum Gasteiger partial charge on any atom is -0.370 e. The first-order chi connectivity index (χ1) is 8.34. The predicted molar refractivity (Wildman–Crippen MR) is 73.8 cm³/mol. The van der Waals surface area contributed by atoms with Crippen molar-refractivity contribution in [1.82, 2.24) is 9.36 Å². The monoisotopic (exact) mass is 261 g/mol. The molecule has 0 atom stereocenters. The molecular weight excluding hydrogens is 250 g/mol. The quantitative estimate of drug-likeness (QED) is 0.781. The molecule has 0 fully saturated rings. The minimum absolute atomic E-state index is 0.822. The van der Waals surface area contributed by atoms with Gasteiger partial charge in [0.2, 0.25) is 0 Å². The van der Waals surface area contributed by atoms with E-state index >= 15 is 0 Å². The molecule has 0 radical (unpaired) electrons. The van der Waals surface area contributed by atoms with Gasteiger partial charge in [0.15, 0.2) is 0 Å². The summed E-state index contributed by atoms with van der Waals surface area (Å²) in [6, 6.07) is 8.19. The van der Waals surface area contributed by atoms with E-state index in [4.69, 9.17) is 0 Å². The molecule has 2 heterocycles. The Morgan fingerprint density at radius 2 is 2.18 bits per heavy atom. The number of thiazole rings is 1. The average molecular weight is 261 g/mol. The van der Waals surface area contributed by atoms with Gasteiger partial charge in [0.1, 0.15) is 5.00 Å². The van der Waals surface area contributed by atoms with Gasteiger partial charge in [0.05, 0.1) is 23.3 Å². The van der Waals surface area contributed by atoms with Crippen molar-refractivity contribution in [1.29, 1.82) is 0 Å². The van der Waals surface area contributed by atoms with E-state index in [1.807, 2.05) is 30.6 Å². The molecule has 3 rings (SSSR count). The molecule has 17 heavy (non-hydrogen) atoms. The molecule has 86 valence electrons. The Hall–Kier alpha value is -1.46. The minimum atomic E-state index is 0.822. The smallest absolute Gasteiger partial charge is 0.117 e. The summed E-state index contributed by atoms with van der Waals surface area (Å²) in [5.74, 6) is 0. The highest BCUT2D eigenvalue weighted by Gasteiger charge is 2.06. The van der Waals surface area contributed by atoms with Gasteiger partial charge >= 0.3 is 0 Å². The summed E-state index contributed by atoms with van der Waals surface area (Å²) < 4.78 is 4.41. The molecule has 3 nitrogen and oxygen atoms in total. The largest absolute Gasteiger partial charge is 0.370 e. The van der Waals surface area contributed by atoms with Gasteiger partial charge in [0, 0.05) is 10.3 Å². The van der Waals surface area contributed by atoms with Gasteiger partial charge in [0.25, 0.3) is 0 Å². The zero-order valence-electron chi connectivity index (χ0n) is 9.30. The molecule has 0 bridgehead atoms. The van der Waals surface area contributed by atoms with Gasteiger partial charge in [-0.15, -0.1) is 11.3 Å². The van der Waals surface area contributed by atoms with Crippen molar-refractivity contribution in [2.45, 2.75) is 13.5 Å². The van der Waals surface area contributed by atoms with Crippen molar-refractivity contribution in [3.05, 3.63) is 40.3 Å². The van der Waals surface area contributed by atoms with E-state index in [2.05, 4.69) is 20.7 Å². The third-order valence-corrected chi connectivity index (χ3v) is 4.41. The second-order valence-corrected chi connectivity index (χ2v) is 5.46. The first kappa shape index (κ1) is 10.7. The third kappa shape index (κ3) is 2.03. The number of hydrogen-bond acceptors (Lipinski definition) is 5. The van der Waals surface area contributed by atoms with E-state index in [0.717, 1.165) is 22.8 Å². The van der Waals surface area contributed by atoms with E-state index in [1.165, 1.54) is 21.8 Å². The molecule has 3 aromatic rings. The van der Waals surface area contributed by atoms with Gasteiger partial charge in [-0.3, -0.25) is 0 Å². The molecule has 0 unspecified atom stereocenters. The number of hydrogen-bond donors (Lipinski definition) is 1. The van der Waals surface area contributed by atoms with Crippen LogP contribution in [0.3, 0.4) is 0 Å². The Bertz CT molecular complexity index is 642. The normalized spacial score (nSPS) is 10.9. The standard InChI is InChI=1S/C12H11N3S2/c1-8-11(16-7-14-8)6-13-12-9-4-2-3-5-10(9)15-17-12/h2-5,7,13H,6H2,1H3. The highest BCUT2D eigenvalue weighted by atomic mass is 32.1. The van der Waals surface area contributed by atoms with Gasteiger partial charge < -0.3 is 5.32 Å². The number of rotatable bonds is 3. The molecule has 2 aromatic heterocycles. The molecule has 0 aliphatic heterocycles. The van der Waals surface area contributed by atoms with Crippen LogP contribution in [-0.2, 0) is 6.54 Å². The second kappa shape index (κ2) is 4.43. The van der Waals surface area contributed by atoms with Gasteiger partial charge in [-0.1, -0.05) is 12.1 Å². The van der Waals surface area contributed by atoms with E-state index in [1.54, 1.807) is 11.3 Å². The molecule has 1 aromatic carbocycles. The summed E-state index contributed by atoms with van der Waals surface area (Å²) >= 11 is 3.20. The van der Waals surface area contributed by atoms with E-state index in [-0.39, 0.29) is 0 Å². The molecule has 0 saturated carbocycles. The summed E-state index contributed by atoms with van der Waals surface area (Å²) in [7, 11) is 0. The van der Waals surface area contributed by atoms with Gasteiger partial charge in [-0.2, -0.15) is 4.37 Å². The van der Waals surface area contributed by atoms with Crippen molar-refractivity contribution in [2.75, 3.05) is 5.32 Å². The Kier molecular flexibility index (Phi) is 2.78. The van der Waals surface area contributed by atoms with Crippen LogP contribution >= 0.6 is 22.9 Å². The van der Waals surface area contributed by atoms with Crippen LogP contribution in [0.5, 0.6) is 0 Å². The lowest BCUT2D eigenvalue weighted by atomic mass is 10.2. The van der Waals surface area contributed by atoms with Crippen molar-refractivity contribution >= 4 is 38.8 Å². The third-order valence-electron chi connectivity index (χ3n) is 2.64. The number of benzene rings is 1. The average Bonchev–Trinajstić information content (AvgIpc) is 2.93. The Balaban J connectivity index is 1.84.